The van der Waals surface area contributed by atoms with Crippen LogP contribution in [0.25, 0.3) is 44.6 Å². The molecule has 0 aliphatic carbocycles. The van der Waals surface area contributed by atoms with E-state index in [0.717, 1.165) is 21.6 Å². The lowest BCUT2D eigenvalue weighted by atomic mass is 10.0. The summed E-state index contributed by atoms with van der Waals surface area (Å²) in [5, 5.41) is 4.87. The first-order chi connectivity index (χ1) is 18.2. The number of nitrogens with zero attached hydrogens (tertiary/aromatic N) is 1. The van der Waals surface area contributed by atoms with Crippen LogP contribution in [0.1, 0.15) is 6.92 Å². The summed E-state index contributed by atoms with van der Waals surface area (Å²) in [4.78, 5) is 2.40. The van der Waals surface area contributed by atoms with Gasteiger partial charge in [0.1, 0.15) is 0 Å². The van der Waals surface area contributed by atoms with Gasteiger partial charge in [-0.15, -0.1) is 11.3 Å². The van der Waals surface area contributed by atoms with Crippen molar-refractivity contribution in [1.82, 2.24) is 0 Å². The van der Waals surface area contributed by atoms with Crippen LogP contribution >= 0.6 is 11.3 Å². The molecule has 0 bridgehead atoms. The van der Waals surface area contributed by atoms with Gasteiger partial charge in [-0.1, -0.05) is 116 Å². The summed E-state index contributed by atoms with van der Waals surface area (Å²) in [5.74, 6) is 0. The number of fused-ring (bicyclic) bond motifs is 2. The first kappa shape index (κ1) is 23.0. The molecule has 2 heteroatoms. The third kappa shape index (κ3) is 4.26. The molecule has 0 unspecified atom stereocenters. The highest BCUT2D eigenvalue weighted by Crippen LogP contribution is 2.42. The van der Waals surface area contributed by atoms with E-state index in [1.807, 2.05) is 6.92 Å². The monoisotopic (exact) mass is 493 g/mol. The van der Waals surface area contributed by atoms with Crippen LogP contribution in [0.3, 0.4) is 0 Å². The Balaban J connectivity index is 1.61. The summed E-state index contributed by atoms with van der Waals surface area (Å²) in [6.07, 6.45) is 6.32. The third-order valence-corrected chi connectivity index (χ3v) is 7.85. The van der Waals surface area contributed by atoms with Crippen LogP contribution in [-0.2, 0) is 0 Å². The van der Waals surface area contributed by atoms with Crippen molar-refractivity contribution in [2.45, 2.75) is 6.92 Å². The van der Waals surface area contributed by atoms with Gasteiger partial charge in [-0.3, -0.25) is 0 Å². The number of rotatable bonds is 5. The van der Waals surface area contributed by atoms with Crippen LogP contribution in [0.5, 0.6) is 0 Å². The van der Waals surface area contributed by atoms with Gasteiger partial charge < -0.3 is 4.90 Å². The highest BCUT2D eigenvalue weighted by atomic mass is 32.1. The molecular weight excluding hydrogens is 466 g/mol. The van der Waals surface area contributed by atoms with Crippen molar-refractivity contribution in [1.29, 1.82) is 0 Å². The summed E-state index contributed by atoms with van der Waals surface area (Å²) in [7, 11) is 0. The molecule has 6 aromatic rings. The van der Waals surface area contributed by atoms with E-state index in [0.29, 0.717) is 0 Å². The van der Waals surface area contributed by atoms with Crippen LogP contribution in [0.15, 0.2) is 127 Å². The molecule has 1 heterocycles. The van der Waals surface area contributed by atoms with Crippen LogP contribution in [0.2, 0.25) is 0 Å². The van der Waals surface area contributed by atoms with Crippen molar-refractivity contribution < 1.29 is 0 Å². The largest absolute Gasteiger partial charge is 0.308 e. The van der Waals surface area contributed by atoms with Crippen molar-refractivity contribution in [2.75, 3.05) is 4.90 Å². The minimum atomic E-state index is 1.08. The van der Waals surface area contributed by atoms with Gasteiger partial charge in [0.15, 0.2) is 0 Å². The maximum atomic E-state index is 4.39. The van der Waals surface area contributed by atoms with Crippen LogP contribution in [0.4, 0.5) is 17.1 Å². The Morgan fingerprint density at radius 3 is 2.11 bits per heavy atom. The molecule has 178 valence electrons. The molecule has 0 aliphatic rings. The van der Waals surface area contributed by atoms with Gasteiger partial charge in [0.25, 0.3) is 0 Å². The molecule has 0 radical (unpaired) electrons. The SMILES string of the molecule is C=c1sc2c(N(c3ccc(-c4ccccc4)cc3)c3cccc4ccccc34)cccc2/c1=C/C=C\C. The third-order valence-electron chi connectivity index (χ3n) is 6.75. The summed E-state index contributed by atoms with van der Waals surface area (Å²) < 4.78 is 2.32. The standard InChI is InChI=1S/C35H27NS/c1-3-4-16-30-25(2)37-35-32(30)18-11-20-34(35)36(33-19-10-15-28-14-8-9-17-31(28)33)29-23-21-27(22-24-29)26-12-6-5-7-13-26/h3-24H,2H2,1H3/b4-3-,30-16+. The van der Waals surface area contributed by atoms with Gasteiger partial charge in [0.05, 0.1) is 16.1 Å². The first-order valence-corrected chi connectivity index (χ1v) is 13.3. The maximum absolute atomic E-state index is 4.39. The molecule has 0 amide bonds. The molecule has 5 aromatic carbocycles. The van der Waals surface area contributed by atoms with Gasteiger partial charge in [-0.2, -0.15) is 0 Å². The fourth-order valence-electron chi connectivity index (χ4n) is 4.97. The van der Waals surface area contributed by atoms with Crippen molar-refractivity contribution in [3.05, 3.63) is 137 Å². The lowest BCUT2D eigenvalue weighted by molar-refractivity contribution is 1.32. The molecule has 6 rings (SSSR count). The predicted octanol–water partition coefficient (Wildman–Crippen LogP) is 8.96. The van der Waals surface area contributed by atoms with E-state index in [1.54, 1.807) is 11.3 Å². The maximum Gasteiger partial charge on any atom is 0.0640 e. The number of hydrogen-bond donors (Lipinski definition) is 0. The summed E-state index contributed by atoms with van der Waals surface area (Å²) in [6, 6.07) is 41.2. The molecular formula is C35H27NS. The van der Waals surface area contributed by atoms with Gasteiger partial charge in [-0.05, 0) is 52.9 Å². The van der Waals surface area contributed by atoms with Crippen LogP contribution in [0, 0.1) is 0 Å². The fourth-order valence-corrected chi connectivity index (χ4v) is 6.05. The van der Waals surface area contributed by atoms with Gasteiger partial charge in [-0.25, -0.2) is 0 Å². The smallest absolute Gasteiger partial charge is 0.0640 e. The van der Waals surface area contributed by atoms with E-state index < -0.39 is 0 Å². The number of hydrogen-bond acceptors (Lipinski definition) is 2. The summed E-state index contributed by atoms with van der Waals surface area (Å²) >= 11 is 1.76. The summed E-state index contributed by atoms with van der Waals surface area (Å²) in [5.41, 5.74) is 5.88. The molecule has 1 nitrogen and oxygen atoms in total. The second-order valence-corrected chi connectivity index (χ2v) is 10.1. The van der Waals surface area contributed by atoms with E-state index in [9.17, 15) is 0 Å². The van der Waals surface area contributed by atoms with Gasteiger partial charge in [0, 0.05) is 21.0 Å². The lowest BCUT2D eigenvalue weighted by Gasteiger charge is -2.27. The molecule has 0 fully saturated rings. The van der Waals surface area contributed by atoms with Crippen molar-refractivity contribution in [2.24, 2.45) is 0 Å². The van der Waals surface area contributed by atoms with E-state index in [-0.39, 0.29) is 0 Å². The topological polar surface area (TPSA) is 3.24 Å². The molecule has 0 saturated heterocycles. The summed E-state index contributed by atoms with van der Waals surface area (Å²) in [6.45, 7) is 6.43. The molecule has 1 aromatic heterocycles. The lowest BCUT2D eigenvalue weighted by Crippen LogP contribution is -2.16. The Morgan fingerprint density at radius 2 is 1.30 bits per heavy atom. The van der Waals surface area contributed by atoms with Gasteiger partial charge in [0.2, 0.25) is 0 Å². The number of thiophene rings is 1. The molecule has 37 heavy (non-hydrogen) atoms. The molecule has 0 atom stereocenters. The minimum absolute atomic E-state index is 1.08. The highest BCUT2D eigenvalue weighted by Gasteiger charge is 2.19. The second kappa shape index (κ2) is 9.93. The second-order valence-electron chi connectivity index (χ2n) is 9.03. The van der Waals surface area contributed by atoms with Crippen molar-refractivity contribution in [3.63, 3.8) is 0 Å². The Morgan fingerprint density at radius 1 is 0.649 bits per heavy atom. The van der Waals surface area contributed by atoms with Crippen molar-refractivity contribution in [3.8, 4) is 11.1 Å². The zero-order valence-electron chi connectivity index (χ0n) is 20.8. The fraction of sp³-hybridized carbons (Fsp3) is 0.0286. The zero-order chi connectivity index (χ0) is 25.2. The quantitative estimate of drug-likeness (QED) is 0.232. The highest BCUT2D eigenvalue weighted by molar-refractivity contribution is 7.17. The van der Waals surface area contributed by atoms with E-state index in [4.69, 9.17) is 0 Å². The first-order valence-electron chi connectivity index (χ1n) is 12.5. The normalized spacial score (nSPS) is 12.1. The van der Waals surface area contributed by atoms with Crippen LogP contribution in [-0.4, -0.2) is 0 Å². The van der Waals surface area contributed by atoms with Crippen LogP contribution < -0.4 is 14.7 Å². The molecule has 0 spiro atoms. The van der Waals surface area contributed by atoms with E-state index in [2.05, 4.69) is 145 Å². The zero-order valence-corrected chi connectivity index (χ0v) is 21.6. The predicted molar refractivity (Wildman–Crippen MR) is 164 cm³/mol. The molecule has 0 aliphatic heterocycles. The number of benzene rings is 5. The Labute approximate surface area is 221 Å². The number of anilines is 3. The van der Waals surface area contributed by atoms with Gasteiger partial charge >= 0.3 is 0 Å². The minimum Gasteiger partial charge on any atom is -0.308 e. The van der Waals surface area contributed by atoms with E-state index >= 15 is 0 Å². The van der Waals surface area contributed by atoms with E-state index in [1.165, 1.54) is 37.2 Å². The average Bonchev–Trinajstić information content (AvgIpc) is 3.28. The Hall–Kier alpha value is -4.40. The molecule has 0 N–H and O–H groups in total. The number of allylic oxidation sites excluding steroid dienone is 2. The Bertz CT molecular complexity index is 1840. The Kier molecular flexibility index (Phi) is 6.18. The van der Waals surface area contributed by atoms with Crippen molar-refractivity contribution >= 4 is 61.9 Å². The average molecular weight is 494 g/mol. The molecule has 0 saturated carbocycles.